The monoisotopic (exact) mass is 352 g/mol. The molecular formula is C21H24N2O3. The van der Waals surface area contributed by atoms with Gasteiger partial charge in [-0.25, -0.2) is 9.78 Å². The Bertz CT molecular complexity index is 919. The summed E-state index contributed by atoms with van der Waals surface area (Å²) in [7, 11) is 1.25. The number of methoxy groups -OCH3 is 1. The van der Waals surface area contributed by atoms with Crippen LogP contribution in [0.25, 0.3) is 10.9 Å². The average molecular weight is 352 g/mol. The van der Waals surface area contributed by atoms with E-state index >= 15 is 0 Å². The number of hydrogen-bond donors (Lipinski definition) is 1. The van der Waals surface area contributed by atoms with Crippen molar-refractivity contribution in [1.82, 2.24) is 9.97 Å². The fourth-order valence-corrected chi connectivity index (χ4v) is 2.64. The number of pyridine rings is 2. The third-order valence-corrected chi connectivity index (χ3v) is 3.97. The number of aromatic nitrogens is 2. The minimum Gasteiger partial charge on any atom is -0.504 e. The van der Waals surface area contributed by atoms with E-state index in [0.717, 1.165) is 17.4 Å². The van der Waals surface area contributed by atoms with E-state index in [1.807, 2.05) is 19.9 Å². The number of carbonyl (C=O) groups excluding carboxylic acids is 1. The van der Waals surface area contributed by atoms with Crippen LogP contribution in [0.2, 0.25) is 0 Å². The minimum atomic E-state index is -0.678. The molecule has 136 valence electrons. The predicted octanol–water partition coefficient (Wildman–Crippen LogP) is 4.36. The van der Waals surface area contributed by atoms with Crippen molar-refractivity contribution in [1.29, 1.82) is 0 Å². The third kappa shape index (κ3) is 3.99. The maximum absolute atomic E-state index is 11.7. The maximum atomic E-state index is 11.7. The van der Waals surface area contributed by atoms with Crippen molar-refractivity contribution in [2.75, 3.05) is 7.11 Å². The van der Waals surface area contributed by atoms with Gasteiger partial charge >= 0.3 is 5.97 Å². The van der Waals surface area contributed by atoms with Crippen molar-refractivity contribution in [2.45, 2.75) is 34.1 Å². The lowest BCUT2D eigenvalue weighted by atomic mass is 10.0. The molecular weight excluding hydrogens is 328 g/mol. The highest BCUT2D eigenvalue weighted by atomic mass is 16.5. The molecule has 5 nitrogen and oxygen atoms in total. The summed E-state index contributed by atoms with van der Waals surface area (Å²) in [5.74, 6) is -0.924. The van der Waals surface area contributed by atoms with Crippen LogP contribution in [0, 0.1) is 13.8 Å². The summed E-state index contributed by atoms with van der Waals surface area (Å²) in [5, 5.41) is 11.0. The fraction of sp³-hybridized carbons (Fsp3) is 0.286. The van der Waals surface area contributed by atoms with Crippen molar-refractivity contribution < 1.29 is 14.6 Å². The molecule has 0 aliphatic rings. The molecule has 26 heavy (non-hydrogen) atoms. The van der Waals surface area contributed by atoms with E-state index in [0.29, 0.717) is 11.2 Å². The number of carbonyl (C=O) groups is 1. The Balaban J connectivity index is 0.00000117. The first-order valence-corrected chi connectivity index (χ1v) is 8.61. The van der Waals surface area contributed by atoms with E-state index in [1.54, 1.807) is 13.1 Å². The molecule has 0 atom stereocenters. The Morgan fingerprint density at radius 3 is 2.38 bits per heavy atom. The average Bonchev–Trinajstić information content (AvgIpc) is 2.67. The van der Waals surface area contributed by atoms with E-state index in [9.17, 15) is 9.90 Å². The second-order valence-electron chi connectivity index (χ2n) is 5.79. The lowest BCUT2D eigenvalue weighted by Crippen LogP contribution is -2.07. The molecule has 5 heteroatoms. The van der Waals surface area contributed by atoms with Crippen LogP contribution in [0.5, 0.6) is 5.75 Å². The highest BCUT2D eigenvalue weighted by Crippen LogP contribution is 2.29. The Hall–Kier alpha value is -2.95. The van der Waals surface area contributed by atoms with Crippen LogP contribution in [0.3, 0.4) is 0 Å². The van der Waals surface area contributed by atoms with Gasteiger partial charge in [0.25, 0.3) is 0 Å². The number of nitrogens with zero attached hydrogens (tertiary/aromatic N) is 2. The number of rotatable bonds is 3. The van der Waals surface area contributed by atoms with Gasteiger partial charge in [0.2, 0.25) is 0 Å². The van der Waals surface area contributed by atoms with Gasteiger partial charge in [-0.2, -0.15) is 0 Å². The third-order valence-electron chi connectivity index (χ3n) is 3.97. The maximum Gasteiger partial charge on any atom is 0.360 e. The van der Waals surface area contributed by atoms with E-state index in [-0.39, 0.29) is 11.4 Å². The summed E-state index contributed by atoms with van der Waals surface area (Å²) >= 11 is 0. The molecule has 2 aromatic heterocycles. The molecule has 3 rings (SSSR count). The van der Waals surface area contributed by atoms with Gasteiger partial charge in [0, 0.05) is 17.3 Å². The first kappa shape index (κ1) is 19.4. The molecule has 0 amide bonds. The van der Waals surface area contributed by atoms with E-state index in [4.69, 9.17) is 0 Å². The molecule has 0 aliphatic heterocycles. The summed E-state index contributed by atoms with van der Waals surface area (Å²) in [5.41, 5.74) is 4.29. The topological polar surface area (TPSA) is 72.3 Å². The van der Waals surface area contributed by atoms with E-state index < -0.39 is 5.97 Å². The molecule has 0 saturated heterocycles. The van der Waals surface area contributed by atoms with Crippen LogP contribution in [0.1, 0.15) is 46.7 Å². The largest absolute Gasteiger partial charge is 0.504 e. The van der Waals surface area contributed by atoms with Crippen LogP contribution >= 0.6 is 0 Å². The van der Waals surface area contributed by atoms with Crippen LogP contribution in [0.4, 0.5) is 0 Å². The van der Waals surface area contributed by atoms with E-state index in [1.165, 1.54) is 18.2 Å². The second-order valence-corrected chi connectivity index (χ2v) is 5.79. The number of esters is 1. The predicted molar refractivity (Wildman–Crippen MR) is 103 cm³/mol. The second kappa shape index (κ2) is 8.43. The molecule has 0 aliphatic carbocycles. The number of aromatic hydroxyl groups is 1. The first-order valence-electron chi connectivity index (χ1n) is 8.61. The van der Waals surface area contributed by atoms with Crippen molar-refractivity contribution >= 4 is 16.9 Å². The van der Waals surface area contributed by atoms with Gasteiger partial charge in [-0.05, 0) is 37.5 Å². The quantitative estimate of drug-likeness (QED) is 0.709. The zero-order chi connectivity index (χ0) is 19.3. The molecule has 1 aromatic carbocycles. The minimum absolute atomic E-state index is 0.110. The number of hydrogen-bond acceptors (Lipinski definition) is 5. The smallest absolute Gasteiger partial charge is 0.360 e. The molecule has 1 N–H and O–H groups in total. The van der Waals surface area contributed by atoms with Gasteiger partial charge in [-0.15, -0.1) is 0 Å². The van der Waals surface area contributed by atoms with Gasteiger partial charge in [0.1, 0.15) is 5.52 Å². The number of benzene rings is 1. The van der Waals surface area contributed by atoms with Crippen LogP contribution in [0.15, 0.2) is 36.5 Å². The summed E-state index contributed by atoms with van der Waals surface area (Å²) in [6.07, 6.45) is 2.45. The van der Waals surface area contributed by atoms with Gasteiger partial charge in [-0.3, -0.25) is 4.98 Å². The molecule has 0 unspecified atom stereocenters. The number of fused-ring (bicyclic) bond motifs is 1. The normalized spacial score (nSPS) is 10.2. The molecule has 0 saturated carbocycles. The fourth-order valence-electron chi connectivity index (χ4n) is 2.64. The highest BCUT2D eigenvalue weighted by Gasteiger charge is 2.19. The molecule has 0 spiro atoms. The summed E-state index contributed by atoms with van der Waals surface area (Å²) in [6.45, 7) is 7.84. The molecule has 3 aromatic rings. The summed E-state index contributed by atoms with van der Waals surface area (Å²) in [6, 6.07) is 10.3. The SMILES string of the molecule is CC.COC(=O)c1nc(C)c2cc(Cc3ccc(C)cc3)cnc2c1O. The Labute approximate surface area is 153 Å². The van der Waals surface area contributed by atoms with Crippen LogP contribution in [-0.4, -0.2) is 28.2 Å². The Morgan fingerprint density at radius 2 is 1.77 bits per heavy atom. The van der Waals surface area contributed by atoms with Gasteiger partial charge in [0.05, 0.1) is 7.11 Å². The van der Waals surface area contributed by atoms with Crippen molar-refractivity contribution in [2.24, 2.45) is 0 Å². The first-order chi connectivity index (χ1) is 12.5. The summed E-state index contributed by atoms with van der Waals surface area (Å²) < 4.78 is 4.64. The molecule has 0 radical (unpaired) electrons. The lowest BCUT2D eigenvalue weighted by Gasteiger charge is -2.10. The van der Waals surface area contributed by atoms with Crippen molar-refractivity contribution in [3.05, 3.63) is 64.6 Å². The van der Waals surface area contributed by atoms with Crippen LogP contribution in [-0.2, 0) is 11.2 Å². The highest BCUT2D eigenvalue weighted by molar-refractivity contribution is 5.98. The van der Waals surface area contributed by atoms with Gasteiger partial charge in [0.15, 0.2) is 11.4 Å². The molecule has 2 heterocycles. The summed E-state index contributed by atoms with van der Waals surface area (Å²) in [4.78, 5) is 20.2. The Morgan fingerprint density at radius 1 is 1.12 bits per heavy atom. The van der Waals surface area contributed by atoms with Crippen molar-refractivity contribution in [3.8, 4) is 5.75 Å². The standard InChI is InChI=1S/C19H18N2O3.C2H6/c1-11-4-6-13(7-5-11)8-14-9-15-12(2)21-17(19(23)24-3)18(22)16(15)20-10-14;1-2/h4-7,9-10,22H,8H2,1-3H3;1-2H3. The van der Waals surface area contributed by atoms with Gasteiger partial charge < -0.3 is 9.84 Å². The van der Waals surface area contributed by atoms with E-state index in [2.05, 4.69) is 45.9 Å². The Kier molecular flexibility index (Phi) is 6.28. The lowest BCUT2D eigenvalue weighted by molar-refractivity contribution is 0.0590. The van der Waals surface area contributed by atoms with Crippen LogP contribution < -0.4 is 0 Å². The molecule has 0 bridgehead atoms. The molecule has 0 fully saturated rings. The number of ether oxygens (including phenoxy) is 1. The zero-order valence-corrected chi connectivity index (χ0v) is 15.8. The zero-order valence-electron chi connectivity index (χ0n) is 15.8. The van der Waals surface area contributed by atoms with Crippen molar-refractivity contribution in [3.63, 3.8) is 0 Å². The number of aryl methyl sites for hydroxylation is 2. The van der Waals surface area contributed by atoms with Gasteiger partial charge in [-0.1, -0.05) is 43.7 Å².